The summed E-state index contributed by atoms with van der Waals surface area (Å²) < 4.78 is 2.26. The van der Waals surface area contributed by atoms with E-state index in [-0.39, 0.29) is 0 Å². The monoisotopic (exact) mass is 958 g/mol. The molecule has 0 saturated carbocycles. The van der Waals surface area contributed by atoms with Crippen molar-refractivity contribution in [1.82, 2.24) is 14.5 Å². The quantitative estimate of drug-likeness (QED) is 0.127. The van der Waals surface area contributed by atoms with Crippen LogP contribution in [0.1, 0.15) is 16.7 Å². The lowest BCUT2D eigenvalue weighted by Gasteiger charge is -2.26. The third-order valence-electron chi connectivity index (χ3n) is 13.4. The van der Waals surface area contributed by atoms with Crippen molar-refractivity contribution >= 4 is 55.9 Å². The zero-order valence-electron chi connectivity index (χ0n) is 40.3. The molecule has 0 unspecified atom stereocenters. The summed E-state index contributed by atoms with van der Waals surface area (Å²) in [6, 6.07) is 92.6. The van der Waals surface area contributed by atoms with Gasteiger partial charge in [-0.3, -0.25) is 0 Å². The molecule has 12 rings (SSSR count). The van der Waals surface area contributed by atoms with Gasteiger partial charge in [-0.15, -0.1) is 0 Å². The van der Waals surface area contributed by atoms with E-state index in [0.29, 0.717) is 39.5 Å². The van der Waals surface area contributed by atoms with E-state index in [4.69, 9.17) is 9.97 Å². The second-order valence-corrected chi connectivity index (χ2v) is 18.0. The van der Waals surface area contributed by atoms with E-state index < -0.39 is 0 Å². The Morgan fingerprint density at radius 3 is 1.27 bits per heavy atom. The Balaban J connectivity index is 0.976. The van der Waals surface area contributed by atoms with Crippen molar-refractivity contribution in [2.24, 2.45) is 0 Å². The lowest BCUT2D eigenvalue weighted by molar-refractivity contribution is 1.17. The van der Waals surface area contributed by atoms with Gasteiger partial charge in [-0.1, -0.05) is 127 Å². The van der Waals surface area contributed by atoms with Crippen molar-refractivity contribution in [3.05, 3.63) is 271 Å². The summed E-state index contributed by atoms with van der Waals surface area (Å²) in [6.07, 6.45) is 0. The molecule has 75 heavy (non-hydrogen) atoms. The number of hydrogen-bond acceptors (Lipinski definition) is 7. The maximum Gasteiger partial charge on any atom is 0.160 e. The Morgan fingerprint density at radius 1 is 0.333 bits per heavy atom. The van der Waals surface area contributed by atoms with Crippen molar-refractivity contribution in [2.45, 2.75) is 0 Å². The maximum absolute atomic E-state index is 10.9. The molecule has 0 N–H and O–H groups in total. The van der Waals surface area contributed by atoms with Gasteiger partial charge in [0.25, 0.3) is 0 Å². The van der Waals surface area contributed by atoms with Gasteiger partial charge >= 0.3 is 0 Å². The van der Waals surface area contributed by atoms with E-state index in [2.05, 4.69) is 172 Å². The molecule has 10 aromatic carbocycles. The predicted molar refractivity (Wildman–Crippen MR) is 302 cm³/mol. The molecule has 0 aliphatic rings. The first-order valence-electron chi connectivity index (χ1n) is 24.5. The fourth-order valence-electron chi connectivity index (χ4n) is 9.94. The molecule has 0 aliphatic carbocycles. The van der Waals surface area contributed by atoms with Gasteiger partial charge in [0.1, 0.15) is 0 Å². The minimum Gasteiger partial charge on any atom is -0.310 e. The number of para-hydroxylation sites is 4. The first-order valence-corrected chi connectivity index (χ1v) is 24.5. The molecule has 0 fully saturated rings. The van der Waals surface area contributed by atoms with Crippen LogP contribution in [0.4, 0.5) is 34.1 Å². The van der Waals surface area contributed by atoms with Crippen LogP contribution in [0.25, 0.3) is 72.5 Å². The molecule has 350 valence electrons. The number of rotatable bonds is 11. The molecule has 0 amide bonds. The molecule has 0 saturated heterocycles. The molecule has 8 heteroatoms. The van der Waals surface area contributed by atoms with Crippen molar-refractivity contribution in [1.29, 1.82) is 15.8 Å². The van der Waals surface area contributed by atoms with Crippen molar-refractivity contribution in [3.63, 3.8) is 0 Å². The molecule has 8 nitrogen and oxygen atoms in total. The maximum atomic E-state index is 10.9. The highest BCUT2D eigenvalue weighted by molar-refractivity contribution is 6.12. The molecular weight excluding hydrogens is 917 g/mol. The molecule has 0 bridgehead atoms. The zero-order valence-corrected chi connectivity index (χ0v) is 40.3. The van der Waals surface area contributed by atoms with E-state index in [0.717, 1.165) is 83.9 Å². The van der Waals surface area contributed by atoms with Crippen molar-refractivity contribution in [3.8, 4) is 68.9 Å². The van der Waals surface area contributed by atoms with Crippen LogP contribution in [0.5, 0.6) is 0 Å². The molecule has 2 aromatic heterocycles. The van der Waals surface area contributed by atoms with Gasteiger partial charge in [0.15, 0.2) is 5.82 Å². The van der Waals surface area contributed by atoms with Gasteiger partial charge in [0.2, 0.25) is 0 Å². The topological polar surface area (TPSA) is 109 Å². The van der Waals surface area contributed by atoms with Gasteiger partial charge in [0.05, 0.1) is 57.3 Å². The molecule has 0 aliphatic heterocycles. The van der Waals surface area contributed by atoms with Gasteiger partial charge in [-0.05, 0) is 139 Å². The van der Waals surface area contributed by atoms with E-state index in [9.17, 15) is 15.8 Å². The first-order chi connectivity index (χ1) is 37.0. The average molecular weight is 959 g/mol. The lowest BCUT2D eigenvalue weighted by atomic mass is 9.97. The van der Waals surface area contributed by atoms with Crippen LogP contribution >= 0.6 is 0 Å². The highest BCUT2D eigenvalue weighted by Gasteiger charge is 2.21. The van der Waals surface area contributed by atoms with Gasteiger partial charge in [-0.25, -0.2) is 9.97 Å². The molecule has 2 heterocycles. The van der Waals surface area contributed by atoms with Crippen molar-refractivity contribution < 1.29 is 0 Å². The smallest absolute Gasteiger partial charge is 0.160 e. The fraction of sp³-hybridized carbons (Fsp3) is 0. The van der Waals surface area contributed by atoms with Gasteiger partial charge in [-0.2, -0.15) is 15.8 Å². The third-order valence-corrected chi connectivity index (χ3v) is 13.4. The molecule has 0 radical (unpaired) electrons. The lowest BCUT2D eigenvalue weighted by Crippen LogP contribution is -2.09. The SMILES string of the molecule is N#Cc1cccc(-c2cc(-c3ccc(-c4ccc(-n5c6ccc(N(c7ccccc7)c7ccccc7)cc6c6cc(N(c7ccccc7)c7ccccc7)ccc65)cc4C#N)cc3)nc(-c3cccc(C#N)c3)n2)c1. The summed E-state index contributed by atoms with van der Waals surface area (Å²) in [5, 5.41) is 32.4. The number of nitriles is 3. The summed E-state index contributed by atoms with van der Waals surface area (Å²) in [4.78, 5) is 14.5. The van der Waals surface area contributed by atoms with Crippen LogP contribution in [-0.4, -0.2) is 14.5 Å². The van der Waals surface area contributed by atoms with Crippen molar-refractivity contribution in [2.75, 3.05) is 9.80 Å². The van der Waals surface area contributed by atoms with Crippen LogP contribution in [0.3, 0.4) is 0 Å². The average Bonchev–Trinajstić information content (AvgIpc) is 3.81. The van der Waals surface area contributed by atoms with E-state index >= 15 is 0 Å². The van der Waals surface area contributed by atoms with Crippen LogP contribution in [0.2, 0.25) is 0 Å². The molecule has 0 atom stereocenters. The Labute approximate surface area is 434 Å². The second-order valence-electron chi connectivity index (χ2n) is 18.0. The Morgan fingerprint density at radius 2 is 0.787 bits per heavy atom. The summed E-state index contributed by atoms with van der Waals surface area (Å²) in [5.41, 5.74) is 15.9. The standard InChI is InChI=1S/C67H42N8/c68-43-46-15-13-17-50(37-46)64-42-63(71-67(72-64)51-18-14-16-47(38-51)44-69)49-29-27-48(28-30-49)60-34-31-57(39-52(60)45-70)75-65-35-32-58(73(53-19-5-1-6-20-53)54-21-7-2-8-22-54)40-61(65)62-41-59(33-36-66(62)75)74(55-23-9-3-10-24-55)56-25-11-4-12-26-56/h1-42H. The van der Waals surface area contributed by atoms with Gasteiger partial charge < -0.3 is 14.4 Å². The highest BCUT2D eigenvalue weighted by Crippen LogP contribution is 2.43. The number of benzene rings is 10. The largest absolute Gasteiger partial charge is 0.310 e. The molecular formula is C67H42N8. The fourth-order valence-corrected chi connectivity index (χ4v) is 9.94. The van der Waals surface area contributed by atoms with Crippen LogP contribution in [0, 0.1) is 34.0 Å². The Bertz CT molecular complexity index is 3910. The highest BCUT2D eigenvalue weighted by atomic mass is 15.1. The minimum atomic E-state index is 0.459. The summed E-state index contributed by atoms with van der Waals surface area (Å²) in [6.45, 7) is 0. The normalized spacial score (nSPS) is 10.9. The number of hydrogen-bond donors (Lipinski definition) is 0. The van der Waals surface area contributed by atoms with Gasteiger partial charge in [0, 0.05) is 67.3 Å². The third kappa shape index (κ3) is 8.76. The molecule has 12 aromatic rings. The number of anilines is 6. The summed E-state index contributed by atoms with van der Waals surface area (Å²) in [5.74, 6) is 0.459. The zero-order chi connectivity index (χ0) is 50.7. The minimum absolute atomic E-state index is 0.459. The first kappa shape index (κ1) is 45.3. The van der Waals surface area contributed by atoms with E-state index in [1.165, 1.54) is 0 Å². The Kier molecular flexibility index (Phi) is 11.9. The number of nitrogens with zero attached hydrogens (tertiary/aromatic N) is 8. The van der Waals surface area contributed by atoms with E-state index in [1.54, 1.807) is 18.2 Å². The van der Waals surface area contributed by atoms with E-state index in [1.807, 2.05) is 97.1 Å². The summed E-state index contributed by atoms with van der Waals surface area (Å²) >= 11 is 0. The van der Waals surface area contributed by atoms with Crippen LogP contribution in [0.15, 0.2) is 255 Å². The predicted octanol–water partition coefficient (Wildman–Crippen LogP) is 16.8. The number of aromatic nitrogens is 3. The van der Waals surface area contributed by atoms with Crippen LogP contribution in [-0.2, 0) is 0 Å². The molecule has 0 spiro atoms. The second kappa shape index (κ2) is 19.7. The van der Waals surface area contributed by atoms with Crippen LogP contribution < -0.4 is 9.80 Å². The summed E-state index contributed by atoms with van der Waals surface area (Å²) in [7, 11) is 0. The Hall–Kier alpha value is -10.9. The number of fused-ring (bicyclic) bond motifs is 3.